The zero-order chi connectivity index (χ0) is 20.8. The summed E-state index contributed by atoms with van der Waals surface area (Å²) in [5.74, 6) is 1.41. The van der Waals surface area contributed by atoms with Crippen LogP contribution in [0.25, 0.3) is 0 Å². The first-order chi connectivity index (χ1) is 14.7. The van der Waals surface area contributed by atoms with Crippen LogP contribution in [0.4, 0.5) is 5.95 Å². The van der Waals surface area contributed by atoms with Crippen molar-refractivity contribution in [2.24, 2.45) is 0 Å². The third-order valence-corrected chi connectivity index (χ3v) is 5.53. The zero-order valence-electron chi connectivity index (χ0n) is 16.9. The van der Waals surface area contributed by atoms with Gasteiger partial charge in [-0.2, -0.15) is 0 Å². The smallest absolute Gasteiger partial charge is 0.260 e. The molecule has 1 aromatic carbocycles. The van der Waals surface area contributed by atoms with Crippen LogP contribution >= 0.6 is 11.6 Å². The molecule has 2 aliphatic rings. The third-order valence-electron chi connectivity index (χ3n) is 5.28. The molecule has 1 aromatic heterocycles. The molecular formula is C21H26ClN5O3. The lowest BCUT2D eigenvalue weighted by Gasteiger charge is -2.34. The van der Waals surface area contributed by atoms with E-state index in [0.29, 0.717) is 37.1 Å². The molecule has 9 heteroatoms. The summed E-state index contributed by atoms with van der Waals surface area (Å²) in [5, 5.41) is 0.644. The van der Waals surface area contributed by atoms with Crippen LogP contribution in [0.5, 0.6) is 5.75 Å². The molecule has 0 unspecified atom stereocenters. The van der Waals surface area contributed by atoms with Gasteiger partial charge in [-0.25, -0.2) is 9.97 Å². The number of amides is 1. The Labute approximate surface area is 181 Å². The van der Waals surface area contributed by atoms with Crippen molar-refractivity contribution in [3.63, 3.8) is 0 Å². The SMILES string of the molecule is O=C(COc1ccc(Cl)cc1)N1CCN(Cc2ccnc(N3CCOCC3)n2)CC1. The van der Waals surface area contributed by atoms with Crippen LogP contribution in [0.1, 0.15) is 5.69 Å². The topological polar surface area (TPSA) is 71.0 Å². The Morgan fingerprint density at radius 2 is 1.77 bits per heavy atom. The van der Waals surface area contributed by atoms with Crippen LogP contribution in [0.3, 0.4) is 0 Å². The summed E-state index contributed by atoms with van der Waals surface area (Å²) < 4.78 is 11.0. The van der Waals surface area contributed by atoms with E-state index in [1.54, 1.807) is 24.3 Å². The number of piperazine rings is 1. The second kappa shape index (κ2) is 10.1. The van der Waals surface area contributed by atoms with E-state index in [1.165, 1.54) is 0 Å². The number of carbonyl (C=O) groups is 1. The lowest BCUT2D eigenvalue weighted by Crippen LogP contribution is -2.49. The van der Waals surface area contributed by atoms with Crippen molar-refractivity contribution < 1.29 is 14.3 Å². The summed E-state index contributed by atoms with van der Waals surface area (Å²) in [6.45, 7) is 6.85. The van der Waals surface area contributed by atoms with Crippen molar-refractivity contribution in [2.45, 2.75) is 6.54 Å². The molecule has 30 heavy (non-hydrogen) atoms. The van der Waals surface area contributed by atoms with Gasteiger partial charge in [-0.15, -0.1) is 0 Å². The molecule has 2 fully saturated rings. The predicted octanol–water partition coefficient (Wildman–Crippen LogP) is 1.69. The molecule has 3 heterocycles. The average Bonchev–Trinajstić information content (AvgIpc) is 2.80. The van der Waals surface area contributed by atoms with Crippen LogP contribution in [0.2, 0.25) is 5.02 Å². The van der Waals surface area contributed by atoms with Crippen molar-refractivity contribution in [1.29, 1.82) is 0 Å². The second-order valence-corrected chi connectivity index (χ2v) is 7.78. The van der Waals surface area contributed by atoms with Gasteiger partial charge < -0.3 is 19.3 Å². The van der Waals surface area contributed by atoms with Gasteiger partial charge in [0.1, 0.15) is 5.75 Å². The van der Waals surface area contributed by atoms with Crippen molar-refractivity contribution >= 4 is 23.5 Å². The first-order valence-electron chi connectivity index (χ1n) is 10.2. The lowest BCUT2D eigenvalue weighted by atomic mass is 10.2. The number of carbonyl (C=O) groups excluding carboxylic acids is 1. The van der Waals surface area contributed by atoms with Gasteiger partial charge in [0.05, 0.1) is 18.9 Å². The van der Waals surface area contributed by atoms with Crippen LogP contribution in [-0.2, 0) is 16.1 Å². The number of benzene rings is 1. The standard InChI is InChI=1S/C21H26ClN5O3/c22-17-1-3-19(4-2-17)30-16-20(28)26-9-7-25(8-10-26)15-18-5-6-23-21(24-18)27-11-13-29-14-12-27/h1-6H,7-16H2. The van der Waals surface area contributed by atoms with Gasteiger partial charge in [-0.3, -0.25) is 9.69 Å². The number of anilines is 1. The zero-order valence-corrected chi connectivity index (χ0v) is 17.6. The van der Waals surface area contributed by atoms with E-state index in [9.17, 15) is 4.79 Å². The number of rotatable bonds is 6. The van der Waals surface area contributed by atoms with Crippen molar-refractivity contribution in [1.82, 2.24) is 19.8 Å². The molecule has 0 radical (unpaired) electrons. The molecule has 4 rings (SSSR count). The number of hydrogen-bond donors (Lipinski definition) is 0. The molecule has 2 saturated heterocycles. The van der Waals surface area contributed by atoms with Gasteiger partial charge in [0.15, 0.2) is 6.61 Å². The molecule has 0 N–H and O–H groups in total. The quantitative estimate of drug-likeness (QED) is 0.689. The van der Waals surface area contributed by atoms with E-state index in [-0.39, 0.29) is 12.5 Å². The molecule has 1 amide bonds. The highest BCUT2D eigenvalue weighted by molar-refractivity contribution is 6.30. The molecule has 0 aliphatic carbocycles. The summed E-state index contributed by atoms with van der Waals surface area (Å²) in [6.07, 6.45) is 1.82. The number of morpholine rings is 1. The van der Waals surface area contributed by atoms with E-state index >= 15 is 0 Å². The summed E-state index contributed by atoms with van der Waals surface area (Å²) in [6, 6.07) is 8.98. The van der Waals surface area contributed by atoms with E-state index in [1.807, 2.05) is 17.2 Å². The van der Waals surface area contributed by atoms with Gasteiger partial charge in [0.2, 0.25) is 5.95 Å². The molecule has 0 spiro atoms. The minimum absolute atomic E-state index is 0.00115. The molecule has 2 aromatic rings. The fraction of sp³-hybridized carbons (Fsp3) is 0.476. The molecule has 8 nitrogen and oxygen atoms in total. The maximum absolute atomic E-state index is 12.4. The Hall–Kier alpha value is -2.42. The van der Waals surface area contributed by atoms with Crippen LogP contribution < -0.4 is 9.64 Å². The van der Waals surface area contributed by atoms with Crippen LogP contribution in [-0.4, -0.2) is 84.8 Å². The number of halogens is 1. The van der Waals surface area contributed by atoms with E-state index in [2.05, 4.69) is 14.8 Å². The van der Waals surface area contributed by atoms with Gasteiger partial charge in [-0.05, 0) is 30.3 Å². The number of hydrogen-bond acceptors (Lipinski definition) is 7. The van der Waals surface area contributed by atoms with E-state index < -0.39 is 0 Å². The Morgan fingerprint density at radius 3 is 2.50 bits per heavy atom. The maximum atomic E-state index is 12.4. The highest BCUT2D eigenvalue weighted by atomic mass is 35.5. The van der Waals surface area contributed by atoms with Gasteiger partial charge >= 0.3 is 0 Å². The first kappa shape index (κ1) is 20.8. The monoisotopic (exact) mass is 431 g/mol. The fourth-order valence-corrected chi connectivity index (χ4v) is 3.67. The van der Waals surface area contributed by atoms with E-state index in [0.717, 1.165) is 44.4 Å². The Balaban J connectivity index is 1.23. The maximum Gasteiger partial charge on any atom is 0.260 e. The molecule has 160 valence electrons. The largest absolute Gasteiger partial charge is 0.484 e. The van der Waals surface area contributed by atoms with Gasteiger partial charge in [-0.1, -0.05) is 11.6 Å². The highest BCUT2D eigenvalue weighted by Crippen LogP contribution is 2.16. The van der Waals surface area contributed by atoms with Gasteiger partial charge in [0.25, 0.3) is 5.91 Å². The van der Waals surface area contributed by atoms with Crippen molar-refractivity contribution in [3.05, 3.63) is 47.2 Å². The summed E-state index contributed by atoms with van der Waals surface area (Å²) in [4.78, 5) is 27.9. The molecule has 2 aliphatic heterocycles. The highest BCUT2D eigenvalue weighted by Gasteiger charge is 2.22. The molecule has 0 atom stereocenters. The lowest BCUT2D eigenvalue weighted by molar-refractivity contribution is -0.135. The Kier molecular flexibility index (Phi) is 6.99. The first-order valence-corrected chi connectivity index (χ1v) is 10.6. The second-order valence-electron chi connectivity index (χ2n) is 7.35. The summed E-state index contributed by atoms with van der Waals surface area (Å²) >= 11 is 5.87. The van der Waals surface area contributed by atoms with Crippen LogP contribution in [0, 0.1) is 0 Å². The minimum atomic E-state index is 0.00115. The number of aromatic nitrogens is 2. The molecule has 0 bridgehead atoms. The Bertz CT molecular complexity index is 837. The molecular weight excluding hydrogens is 406 g/mol. The number of ether oxygens (including phenoxy) is 2. The minimum Gasteiger partial charge on any atom is -0.484 e. The van der Waals surface area contributed by atoms with Crippen molar-refractivity contribution in [2.75, 3.05) is 64.0 Å². The van der Waals surface area contributed by atoms with Crippen LogP contribution in [0.15, 0.2) is 36.5 Å². The summed E-state index contributed by atoms with van der Waals surface area (Å²) in [5.41, 5.74) is 0.998. The van der Waals surface area contributed by atoms with Gasteiger partial charge in [0, 0.05) is 57.0 Å². The van der Waals surface area contributed by atoms with Crippen molar-refractivity contribution in [3.8, 4) is 5.75 Å². The average molecular weight is 432 g/mol. The molecule has 0 saturated carbocycles. The fourth-order valence-electron chi connectivity index (χ4n) is 3.54. The number of nitrogens with zero attached hydrogens (tertiary/aromatic N) is 5. The Morgan fingerprint density at radius 1 is 1.03 bits per heavy atom. The normalized spacial score (nSPS) is 17.8. The predicted molar refractivity (Wildman–Crippen MR) is 114 cm³/mol. The van der Waals surface area contributed by atoms with E-state index in [4.69, 9.17) is 26.1 Å². The summed E-state index contributed by atoms with van der Waals surface area (Å²) in [7, 11) is 0. The third kappa shape index (κ3) is 5.59.